The molecule has 0 spiro atoms. The molecule has 0 aliphatic rings. The summed E-state index contributed by atoms with van der Waals surface area (Å²) in [5.74, 6) is 0.252. The van der Waals surface area contributed by atoms with Crippen molar-refractivity contribution >= 4 is 39.7 Å². The number of nitro benzene ring substituents is 1. The van der Waals surface area contributed by atoms with Gasteiger partial charge in [0, 0.05) is 24.9 Å². The van der Waals surface area contributed by atoms with Crippen molar-refractivity contribution in [3.63, 3.8) is 0 Å². The molecular formula is C20H21ClN4O3S. The first-order valence-electron chi connectivity index (χ1n) is 9.17. The third-order valence-electron chi connectivity index (χ3n) is 4.37. The molecule has 1 aromatic carbocycles. The first kappa shape index (κ1) is 21.0. The Bertz CT molecular complexity index is 1030. The van der Waals surface area contributed by atoms with Gasteiger partial charge in [-0.1, -0.05) is 48.9 Å². The van der Waals surface area contributed by atoms with E-state index in [9.17, 15) is 14.9 Å². The van der Waals surface area contributed by atoms with Crippen LogP contribution in [0.5, 0.6) is 0 Å². The fourth-order valence-corrected chi connectivity index (χ4v) is 3.73. The summed E-state index contributed by atoms with van der Waals surface area (Å²) >= 11 is 7.07. The molecule has 3 rings (SSSR count). The molecule has 3 aromatic rings. The third-order valence-corrected chi connectivity index (χ3v) is 5.40. The molecule has 29 heavy (non-hydrogen) atoms. The van der Waals surface area contributed by atoms with E-state index in [0.717, 1.165) is 24.0 Å². The van der Waals surface area contributed by atoms with Crippen LogP contribution in [0.4, 0.5) is 10.8 Å². The number of hydrogen-bond donors (Lipinski definition) is 1. The third kappa shape index (κ3) is 5.65. The molecule has 9 heteroatoms. The lowest BCUT2D eigenvalue weighted by Crippen LogP contribution is -2.17. The van der Waals surface area contributed by atoms with Crippen molar-refractivity contribution in [3.8, 4) is 0 Å². The van der Waals surface area contributed by atoms with Crippen LogP contribution in [0, 0.1) is 16.0 Å². The topological polar surface area (TPSA) is 90.1 Å². The molecule has 0 unspecified atom stereocenters. The minimum Gasteiger partial charge on any atom is -0.339 e. The number of aryl methyl sites for hydroxylation is 1. The summed E-state index contributed by atoms with van der Waals surface area (Å²) in [6.07, 6.45) is 5.27. The Morgan fingerprint density at radius 2 is 2.14 bits per heavy atom. The van der Waals surface area contributed by atoms with E-state index >= 15 is 0 Å². The highest BCUT2D eigenvalue weighted by Gasteiger charge is 2.17. The molecule has 1 N–H and O–H groups in total. The fourth-order valence-electron chi connectivity index (χ4n) is 2.92. The zero-order chi connectivity index (χ0) is 21.0. The minimum atomic E-state index is -0.424. The Morgan fingerprint density at radius 1 is 1.34 bits per heavy atom. The van der Waals surface area contributed by atoms with Crippen LogP contribution in [0.25, 0.3) is 0 Å². The van der Waals surface area contributed by atoms with Crippen molar-refractivity contribution in [3.05, 3.63) is 74.0 Å². The predicted molar refractivity (Wildman–Crippen MR) is 115 cm³/mol. The predicted octanol–water partition coefficient (Wildman–Crippen LogP) is 5.40. The highest BCUT2D eigenvalue weighted by molar-refractivity contribution is 7.19. The van der Waals surface area contributed by atoms with Crippen molar-refractivity contribution in [2.75, 3.05) is 5.32 Å². The second-order valence-electron chi connectivity index (χ2n) is 7.14. The number of nitro groups is 1. The Kier molecular flexibility index (Phi) is 6.66. The van der Waals surface area contributed by atoms with E-state index in [0.29, 0.717) is 27.6 Å². The van der Waals surface area contributed by atoms with Crippen LogP contribution in [-0.2, 0) is 13.0 Å². The molecule has 7 nitrogen and oxygen atoms in total. The Balaban J connectivity index is 1.87. The van der Waals surface area contributed by atoms with Gasteiger partial charge < -0.3 is 4.57 Å². The van der Waals surface area contributed by atoms with Gasteiger partial charge in [0.1, 0.15) is 10.0 Å². The average Bonchev–Trinajstić information content (AvgIpc) is 3.26. The quantitative estimate of drug-likeness (QED) is 0.381. The smallest absolute Gasteiger partial charge is 0.274 e. The van der Waals surface area contributed by atoms with E-state index in [1.54, 1.807) is 6.07 Å². The number of carbonyl (C=O) groups is 1. The number of anilines is 1. The lowest BCUT2D eigenvalue weighted by molar-refractivity contribution is -0.384. The van der Waals surface area contributed by atoms with Crippen LogP contribution in [0.2, 0.25) is 4.34 Å². The number of nitrogens with zero attached hydrogens (tertiary/aromatic N) is 3. The van der Waals surface area contributed by atoms with Crippen molar-refractivity contribution in [1.82, 2.24) is 9.55 Å². The van der Waals surface area contributed by atoms with E-state index in [2.05, 4.69) is 24.1 Å². The van der Waals surface area contributed by atoms with E-state index in [1.807, 2.05) is 22.9 Å². The number of halogens is 1. The van der Waals surface area contributed by atoms with Gasteiger partial charge in [-0.15, -0.1) is 0 Å². The van der Waals surface area contributed by atoms with Crippen molar-refractivity contribution < 1.29 is 9.72 Å². The average molecular weight is 433 g/mol. The molecule has 0 bridgehead atoms. The van der Waals surface area contributed by atoms with Crippen molar-refractivity contribution in [2.45, 2.75) is 33.2 Å². The highest BCUT2D eigenvalue weighted by Crippen LogP contribution is 2.24. The number of non-ortho nitro benzene ring substituents is 1. The number of hydrogen-bond acceptors (Lipinski definition) is 5. The monoisotopic (exact) mass is 432 g/mol. The Hall–Kier alpha value is -2.71. The minimum absolute atomic E-state index is 0.0260. The molecule has 0 radical (unpaired) electrons. The molecule has 0 fully saturated rings. The van der Waals surface area contributed by atoms with Crippen LogP contribution < -0.4 is 5.32 Å². The maximum Gasteiger partial charge on any atom is 0.274 e. The van der Waals surface area contributed by atoms with Gasteiger partial charge >= 0.3 is 0 Å². The second-order valence-corrected chi connectivity index (χ2v) is 8.81. The normalized spacial score (nSPS) is 11.0. The summed E-state index contributed by atoms with van der Waals surface area (Å²) in [5, 5.41) is 14.2. The van der Waals surface area contributed by atoms with Gasteiger partial charge in [0.15, 0.2) is 5.13 Å². The molecule has 0 atom stereocenters. The zero-order valence-corrected chi connectivity index (χ0v) is 17.7. The van der Waals surface area contributed by atoms with Crippen LogP contribution in [0.1, 0.15) is 41.9 Å². The largest absolute Gasteiger partial charge is 0.339 e. The number of thiazole rings is 1. The number of benzene rings is 1. The number of nitrogens with one attached hydrogen (secondary N) is 1. The molecule has 2 heterocycles. The SMILES string of the molecule is CC(C)CCc1cc(C(=O)Nc2ncc(Cl)s2)n(Cc2cccc([N+](=O)[O-])c2)c1. The van der Waals surface area contributed by atoms with Crippen LogP contribution in [0.3, 0.4) is 0 Å². The zero-order valence-electron chi connectivity index (χ0n) is 16.1. The van der Waals surface area contributed by atoms with Gasteiger partial charge in [0.05, 0.1) is 11.1 Å². The van der Waals surface area contributed by atoms with Gasteiger partial charge in [-0.05, 0) is 36.0 Å². The summed E-state index contributed by atoms with van der Waals surface area (Å²) in [6, 6.07) is 8.30. The maximum absolute atomic E-state index is 12.8. The molecule has 0 aliphatic heterocycles. The van der Waals surface area contributed by atoms with Gasteiger partial charge in [0.2, 0.25) is 0 Å². The molecule has 0 saturated carbocycles. The first-order chi connectivity index (χ1) is 13.8. The van der Waals surface area contributed by atoms with E-state index in [1.165, 1.54) is 29.7 Å². The van der Waals surface area contributed by atoms with Gasteiger partial charge in [-0.25, -0.2) is 4.98 Å². The van der Waals surface area contributed by atoms with Gasteiger partial charge in [0.25, 0.3) is 11.6 Å². The standard InChI is InChI=1S/C20H21ClN4O3S/c1-13(2)6-7-15-9-17(19(26)23-20-22-10-18(21)29-20)24(12-15)11-14-4-3-5-16(8-14)25(27)28/h3-5,8-10,12-13H,6-7,11H2,1-2H3,(H,22,23,26). The molecule has 0 saturated heterocycles. The summed E-state index contributed by atoms with van der Waals surface area (Å²) in [4.78, 5) is 27.5. The number of amides is 1. The van der Waals surface area contributed by atoms with Gasteiger partial charge in [-0.3, -0.25) is 20.2 Å². The van der Waals surface area contributed by atoms with Crippen molar-refractivity contribution in [1.29, 1.82) is 0 Å². The summed E-state index contributed by atoms with van der Waals surface area (Å²) < 4.78 is 2.31. The Labute approximate surface area is 177 Å². The summed E-state index contributed by atoms with van der Waals surface area (Å²) in [6.45, 7) is 4.66. The lowest BCUT2D eigenvalue weighted by Gasteiger charge is -2.09. The van der Waals surface area contributed by atoms with E-state index < -0.39 is 4.92 Å². The molecule has 1 amide bonds. The molecular weight excluding hydrogens is 412 g/mol. The van der Waals surface area contributed by atoms with E-state index in [-0.39, 0.29) is 11.6 Å². The lowest BCUT2D eigenvalue weighted by atomic mass is 10.0. The second kappa shape index (κ2) is 9.19. The van der Waals surface area contributed by atoms with Crippen LogP contribution in [-0.4, -0.2) is 20.4 Å². The first-order valence-corrected chi connectivity index (χ1v) is 10.4. The summed E-state index contributed by atoms with van der Waals surface area (Å²) in [5.41, 5.74) is 2.29. The molecule has 2 aromatic heterocycles. The van der Waals surface area contributed by atoms with Crippen LogP contribution in [0.15, 0.2) is 42.7 Å². The summed E-state index contributed by atoms with van der Waals surface area (Å²) in [7, 11) is 0. The number of aromatic nitrogens is 2. The fraction of sp³-hybridized carbons (Fsp3) is 0.300. The number of rotatable bonds is 8. The molecule has 0 aliphatic carbocycles. The van der Waals surface area contributed by atoms with Crippen LogP contribution >= 0.6 is 22.9 Å². The number of carbonyl (C=O) groups excluding carboxylic acids is 1. The van der Waals surface area contributed by atoms with Gasteiger partial charge in [-0.2, -0.15) is 0 Å². The maximum atomic E-state index is 12.8. The van der Waals surface area contributed by atoms with E-state index in [4.69, 9.17) is 11.6 Å². The Morgan fingerprint density at radius 3 is 2.79 bits per heavy atom. The van der Waals surface area contributed by atoms with Crippen molar-refractivity contribution in [2.24, 2.45) is 5.92 Å². The highest BCUT2D eigenvalue weighted by atomic mass is 35.5. The molecule has 152 valence electrons.